The van der Waals surface area contributed by atoms with Crippen LogP contribution in [0.3, 0.4) is 0 Å². The van der Waals surface area contributed by atoms with Gasteiger partial charge in [-0.1, -0.05) is 12.1 Å². The Morgan fingerprint density at radius 3 is 2.41 bits per heavy atom. The summed E-state index contributed by atoms with van der Waals surface area (Å²) >= 11 is 0. The number of halogens is 4. The number of aromatic nitrogens is 1. The lowest BCUT2D eigenvalue weighted by Crippen LogP contribution is -2.65. The number of anilines is 1. The highest BCUT2D eigenvalue weighted by atomic mass is 19.4. The molecule has 32 heavy (non-hydrogen) atoms. The second-order valence-corrected chi connectivity index (χ2v) is 7.56. The molecule has 1 aromatic heterocycles. The van der Waals surface area contributed by atoms with Gasteiger partial charge in [0.25, 0.3) is 5.91 Å². The molecule has 2 saturated heterocycles. The normalized spacial score (nSPS) is 19.8. The zero-order chi connectivity index (χ0) is 23.0. The van der Waals surface area contributed by atoms with Gasteiger partial charge in [0.15, 0.2) is 11.6 Å². The summed E-state index contributed by atoms with van der Waals surface area (Å²) < 4.78 is 63.1. The van der Waals surface area contributed by atoms with E-state index in [1.165, 1.54) is 30.3 Å². The number of piperazine rings is 1. The number of ether oxygens (including phenoxy) is 2. The topological polar surface area (TPSA) is 72.0 Å². The molecule has 170 valence electrons. The molecule has 2 aliphatic rings. The van der Waals surface area contributed by atoms with E-state index in [1.54, 1.807) is 0 Å². The van der Waals surface area contributed by atoms with Gasteiger partial charge < -0.3 is 14.4 Å². The Kier molecular flexibility index (Phi) is 5.76. The number of nitrogens with zero attached hydrogens (tertiary/aromatic N) is 3. The summed E-state index contributed by atoms with van der Waals surface area (Å²) in [7, 11) is 1.34. The van der Waals surface area contributed by atoms with Gasteiger partial charge in [0.1, 0.15) is 18.3 Å². The highest BCUT2D eigenvalue weighted by Gasteiger charge is 2.47. The molecule has 0 aliphatic carbocycles. The average molecular weight is 453 g/mol. The largest absolute Gasteiger partial charge is 0.495 e. The summed E-state index contributed by atoms with van der Waals surface area (Å²) in [4.78, 5) is 32.5. The third kappa shape index (κ3) is 4.12. The Morgan fingerprint density at radius 2 is 1.88 bits per heavy atom. The molecular formula is C21H19F4N3O4. The van der Waals surface area contributed by atoms with E-state index in [4.69, 9.17) is 9.47 Å². The van der Waals surface area contributed by atoms with Crippen LogP contribution in [0.4, 0.5) is 23.4 Å². The molecule has 2 aromatic rings. The summed E-state index contributed by atoms with van der Waals surface area (Å²) in [5, 5.41) is 0. The zero-order valence-electron chi connectivity index (χ0n) is 16.9. The van der Waals surface area contributed by atoms with E-state index in [9.17, 15) is 27.2 Å². The highest BCUT2D eigenvalue weighted by molar-refractivity contribution is 6.06. The molecule has 4 rings (SSSR count). The third-order valence-electron chi connectivity index (χ3n) is 5.50. The predicted octanol–water partition coefficient (Wildman–Crippen LogP) is 2.64. The quantitative estimate of drug-likeness (QED) is 0.651. The predicted molar refractivity (Wildman–Crippen MR) is 103 cm³/mol. The van der Waals surface area contributed by atoms with Crippen molar-refractivity contribution in [2.75, 3.05) is 31.8 Å². The number of amides is 2. The number of carbonyl (C=O) groups is 2. The first kappa shape index (κ1) is 22.0. The van der Waals surface area contributed by atoms with Crippen molar-refractivity contribution in [1.29, 1.82) is 0 Å². The van der Waals surface area contributed by atoms with Gasteiger partial charge in [0, 0.05) is 18.5 Å². The minimum Gasteiger partial charge on any atom is -0.495 e. The highest BCUT2D eigenvalue weighted by Crippen LogP contribution is 2.32. The van der Waals surface area contributed by atoms with Crippen molar-refractivity contribution in [3.63, 3.8) is 0 Å². The smallest absolute Gasteiger partial charge is 0.416 e. The van der Waals surface area contributed by atoms with Crippen LogP contribution in [0.2, 0.25) is 0 Å². The van der Waals surface area contributed by atoms with Crippen LogP contribution in [0.25, 0.3) is 0 Å². The second kappa shape index (κ2) is 8.38. The van der Waals surface area contributed by atoms with E-state index in [1.807, 2.05) is 0 Å². The van der Waals surface area contributed by atoms with Gasteiger partial charge in [-0.3, -0.25) is 14.5 Å². The van der Waals surface area contributed by atoms with E-state index < -0.39 is 42.0 Å². The number of pyridine rings is 1. The van der Waals surface area contributed by atoms with Crippen molar-refractivity contribution in [2.45, 2.75) is 18.8 Å². The molecule has 0 bridgehead atoms. The average Bonchev–Trinajstić information content (AvgIpc) is 2.71. The van der Waals surface area contributed by atoms with Crippen LogP contribution < -0.4 is 9.64 Å². The standard InChI is InChI=1S/C21H19F4N3O4/c1-31-15-6-16(22)19(26-7-15)28-9-17(29)27(18(20(28)30)13-10-32-11-13)8-12-2-4-14(5-3-12)21(23,24)25/h2-7,13,18H,8-11H2,1H3. The van der Waals surface area contributed by atoms with Crippen molar-refractivity contribution in [3.05, 3.63) is 53.5 Å². The van der Waals surface area contributed by atoms with Crippen molar-refractivity contribution in [2.24, 2.45) is 5.92 Å². The lowest BCUT2D eigenvalue weighted by atomic mass is 9.92. The lowest BCUT2D eigenvalue weighted by Gasteiger charge is -2.45. The van der Waals surface area contributed by atoms with Crippen molar-refractivity contribution < 1.29 is 36.6 Å². The first-order chi connectivity index (χ1) is 15.2. The number of hydrogen-bond donors (Lipinski definition) is 0. The fraction of sp³-hybridized carbons (Fsp3) is 0.381. The molecule has 1 atom stereocenters. The Morgan fingerprint density at radius 1 is 1.19 bits per heavy atom. The Balaban J connectivity index is 1.61. The third-order valence-corrected chi connectivity index (χ3v) is 5.50. The van der Waals surface area contributed by atoms with Crippen LogP contribution in [0.1, 0.15) is 11.1 Å². The van der Waals surface area contributed by atoms with E-state index in [0.29, 0.717) is 5.56 Å². The molecule has 1 aromatic carbocycles. The molecule has 0 spiro atoms. The fourth-order valence-corrected chi connectivity index (χ4v) is 3.73. The monoisotopic (exact) mass is 453 g/mol. The van der Waals surface area contributed by atoms with Gasteiger partial charge in [-0.2, -0.15) is 13.2 Å². The van der Waals surface area contributed by atoms with Gasteiger partial charge >= 0.3 is 6.18 Å². The van der Waals surface area contributed by atoms with Gasteiger partial charge in [-0.25, -0.2) is 9.37 Å². The fourth-order valence-electron chi connectivity index (χ4n) is 3.73. The Hall–Kier alpha value is -3.21. The van der Waals surface area contributed by atoms with Crippen molar-refractivity contribution in [3.8, 4) is 5.75 Å². The Labute approximate surface area is 180 Å². The van der Waals surface area contributed by atoms with Crippen LogP contribution in [-0.2, 0) is 27.0 Å². The van der Waals surface area contributed by atoms with Gasteiger partial charge in [-0.05, 0) is 17.7 Å². The molecule has 2 fully saturated rings. The summed E-state index contributed by atoms with van der Waals surface area (Å²) in [6, 6.07) is 4.51. The van der Waals surface area contributed by atoms with Crippen molar-refractivity contribution >= 4 is 17.6 Å². The maximum atomic E-state index is 14.5. The number of carbonyl (C=O) groups excluding carboxylic acids is 2. The molecular weight excluding hydrogens is 434 g/mol. The van der Waals surface area contributed by atoms with Crippen LogP contribution in [-0.4, -0.2) is 54.6 Å². The number of hydrogen-bond acceptors (Lipinski definition) is 5. The molecule has 11 heteroatoms. The number of alkyl halides is 3. The number of methoxy groups -OCH3 is 1. The molecule has 3 heterocycles. The minimum absolute atomic E-state index is 0.0593. The molecule has 7 nitrogen and oxygen atoms in total. The minimum atomic E-state index is -4.48. The van der Waals surface area contributed by atoms with Crippen LogP contribution in [0.5, 0.6) is 5.75 Å². The molecule has 0 radical (unpaired) electrons. The van der Waals surface area contributed by atoms with Gasteiger partial charge in [0.2, 0.25) is 5.91 Å². The van der Waals surface area contributed by atoms with Crippen LogP contribution in [0.15, 0.2) is 36.5 Å². The molecule has 0 saturated carbocycles. The van der Waals surface area contributed by atoms with E-state index >= 15 is 0 Å². The molecule has 2 aliphatic heterocycles. The summed E-state index contributed by atoms with van der Waals surface area (Å²) in [6.07, 6.45) is -3.23. The van der Waals surface area contributed by atoms with Crippen LogP contribution >= 0.6 is 0 Å². The summed E-state index contributed by atoms with van der Waals surface area (Å²) in [5.41, 5.74) is -0.370. The summed E-state index contributed by atoms with van der Waals surface area (Å²) in [5.74, 6) is -2.26. The number of rotatable bonds is 5. The first-order valence-electron chi connectivity index (χ1n) is 9.73. The first-order valence-corrected chi connectivity index (χ1v) is 9.73. The SMILES string of the molecule is COc1cnc(N2CC(=O)N(Cc3ccc(C(F)(F)F)cc3)C(C3COC3)C2=O)c(F)c1. The van der Waals surface area contributed by atoms with Crippen LogP contribution in [0, 0.1) is 11.7 Å². The second-order valence-electron chi connectivity index (χ2n) is 7.56. The molecule has 1 unspecified atom stereocenters. The molecule has 2 amide bonds. The zero-order valence-corrected chi connectivity index (χ0v) is 16.9. The lowest BCUT2D eigenvalue weighted by molar-refractivity contribution is -0.155. The van der Waals surface area contributed by atoms with Gasteiger partial charge in [-0.15, -0.1) is 0 Å². The Bertz CT molecular complexity index is 1020. The number of benzene rings is 1. The van der Waals surface area contributed by atoms with E-state index in [-0.39, 0.29) is 37.2 Å². The summed E-state index contributed by atoms with van der Waals surface area (Å²) in [6.45, 7) is -0.0326. The van der Waals surface area contributed by atoms with Crippen molar-refractivity contribution in [1.82, 2.24) is 9.88 Å². The maximum Gasteiger partial charge on any atom is 0.416 e. The van der Waals surface area contributed by atoms with E-state index in [0.717, 1.165) is 23.1 Å². The van der Waals surface area contributed by atoms with E-state index in [2.05, 4.69) is 4.98 Å². The maximum absolute atomic E-state index is 14.5. The molecule has 0 N–H and O–H groups in total. The van der Waals surface area contributed by atoms with Gasteiger partial charge in [0.05, 0.1) is 32.1 Å².